The van der Waals surface area contributed by atoms with E-state index in [2.05, 4.69) is 15.6 Å². The molecule has 2 saturated carbocycles. The Morgan fingerprint density at radius 3 is 2.77 bits per heavy atom. The number of nitrogens with one attached hydrogen (secondary N) is 2. The van der Waals surface area contributed by atoms with Gasteiger partial charge in [-0.15, -0.1) is 0 Å². The van der Waals surface area contributed by atoms with E-state index in [9.17, 15) is 9.50 Å². The van der Waals surface area contributed by atoms with Crippen molar-refractivity contribution in [3.8, 4) is 5.75 Å². The predicted octanol–water partition coefficient (Wildman–Crippen LogP) is 3.00. The molecule has 0 radical (unpaired) electrons. The van der Waals surface area contributed by atoms with Crippen LogP contribution in [0.3, 0.4) is 0 Å². The van der Waals surface area contributed by atoms with Crippen molar-refractivity contribution in [2.24, 2.45) is 16.3 Å². The Balaban J connectivity index is 1.59. The van der Waals surface area contributed by atoms with Crippen LogP contribution in [0.2, 0.25) is 0 Å². The van der Waals surface area contributed by atoms with Crippen molar-refractivity contribution in [1.82, 2.24) is 10.6 Å². The second kappa shape index (κ2) is 8.25. The summed E-state index contributed by atoms with van der Waals surface area (Å²) in [6.07, 6.45) is 4.42. The van der Waals surface area contributed by atoms with Crippen LogP contribution < -0.4 is 15.4 Å². The van der Waals surface area contributed by atoms with Crippen molar-refractivity contribution in [2.75, 3.05) is 26.3 Å². The van der Waals surface area contributed by atoms with Gasteiger partial charge in [-0.3, -0.25) is 4.99 Å². The molecule has 1 aromatic carbocycles. The lowest BCUT2D eigenvalue weighted by Crippen LogP contribution is -2.39. The highest BCUT2D eigenvalue weighted by Gasteiger charge is 2.41. The standard InChI is InChI=1S/C20H30FN3O2/c1-3-22-19(23-12-20(13-25)8-9-20)24-14(2)16-6-7-18(17(21)10-16)26-11-15-4-5-15/h6-7,10,14-15,25H,3-5,8-9,11-13H2,1-2H3,(H2,22,23,24). The Bertz CT molecular complexity index is 642. The van der Waals surface area contributed by atoms with Gasteiger partial charge in [-0.2, -0.15) is 0 Å². The molecule has 1 unspecified atom stereocenters. The van der Waals surface area contributed by atoms with Gasteiger partial charge in [-0.1, -0.05) is 6.07 Å². The molecule has 3 rings (SSSR count). The molecule has 0 saturated heterocycles. The van der Waals surface area contributed by atoms with Gasteiger partial charge in [0.05, 0.1) is 25.8 Å². The summed E-state index contributed by atoms with van der Waals surface area (Å²) in [5.41, 5.74) is 0.813. The lowest BCUT2D eigenvalue weighted by atomic mass is 10.1. The Kier molecular flexibility index (Phi) is 6.01. The van der Waals surface area contributed by atoms with Gasteiger partial charge < -0.3 is 20.5 Å². The third-order valence-corrected chi connectivity index (χ3v) is 5.19. The maximum absolute atomic E-state index is 14.3. The lowest BCUT2D eigenvalue weighted by Gasteiger charge is -2.19. The number of aliphatic hydroxyl groups is 1. The van der Waals surface area contributed by atoms with E-state index in [1.807, 2.05) is 19.9 Å². The first kappa shape index (κ1) is 19.0. The first-order valence-electron chi connectivity index (χ1n) is 9.63. The molecule has 2 fully saturated rings. The van der Waals surface area contributed by atoms with Gasteiger partial charge in [0.25, 0.3) is 0 Å². The molecule has 0 amide bonds. The van der Waals surface area contributed by atoms with E-state index in [0.29, 0.717) is 30.8 Å². The molecule has 2 aliphatic rings. The smallest absolute Gasteiger partial charge is 0.191 e. The molecule has 0 aromatic heterocycles. The third kappa shape index (κ3) is 5.10. The highest BCUT2D eigenvalue weighted by Crippen LogP contribution is 2.45. The van der Waals surface area contributed by atoms with Crippen LogP contribution >= 0.6 is 0 Å². The van der Waals surface area contributed by atoms with E-state index in [4.69, 9.17) is 4.74 Å². The number of hydrogen-bond acceptors (Lipinski definition) is 3. The lowest BCUT2D eigenvalue weighted by molar-refractivity contribution is 0.217. The minimum Gasteiger partial charge on any atom is -0.490 e. The van der Waals surface area contributed by atoms with Gasteiger partial charge in [0.15, 0.2) is 17.5 Å². The summed E-state index contributed by atoms with van der Waals surface area (Å²) in [6, 6.07) is 5.03. The quantitative estimate of drug-likeness (QED) is 0.466. The molecule has 0 spiro atoms. The van der Waals surface area contributed by atoms with Gasteiger partial charge in [-0.25, -0.2) is 4.39 Å². The Hall–Kier alpha value is -1.82. The Labute approximate surface area is 155 Å². The molecule has 6 heteroatoms. The average molecular weight is 363 g/mol. The fourth-order valence-electron chi connectivity index (χ4n) is 2.79. The molecule has 26 heavy (non-hydrogen) atoms. The van der Waals surface area contributed by atoms with Gasteiger partial charge >= 0.3 is 0 Å². The Morgan fingerprint density at radius 2 is 2.19 bits per heavy atom. The van der Waals surface area contributed by atoms with Crippen molar-refractivity contribution in [3.63, 3.8) is 0 Å². The molecule has 5 nitrogen and oxygen atoms in total. The molecule has 1 aromatic rings. The zero-order valence-corrected chi connectivity index (χ0v) is 15.7. The van der Waals surface area contributed by atoms with Crippen molar-refractivity contribution in [1.29, 1.82) is 0 Å². The van der Waals surface area contributed by atoms with Crippen LogP contribution in [-0.4, -0.2) is 37.4 Å². The number of hydrogen-bond donors (Lipinski definition) is 3. The summed E-state index contributed by atoms with van der Waals surface area (Å²) >= 11 is 0. The summed E-state index contributed by atoms with van der Waals surface area (Å²) in [4.78, 5) is 4.60. The SMILES string of the molecule is CCNC(=NCC1(CO)CC1)NC(C)c1ccc(OCC2CC2)c(F)c1. The second-order valence-electron chi connectivity index (χ2n) is 7.66. The number of ether oxygens (including phenoxy) is 1. The van der Waals surface area contributed by atoms with Gasteiger partial charge in [0.2, 0.25) is 0 Å². The minimum atomic E-state index is -0.323. The van der Waals surface area contributed by atoms with Crippen LogP contribution in [0.1, 0.15) is 51.1 Å². The predicted molar refractivity (Wildman–Crippen MR) is 101 cm³/mol. The van der Waals surface area contributed by atoms with Crippen LogP contribution in [0, 0.1) is 17.2 Å². The number of aliphatic imine (C=N–C) groups is 1. The van der Waals surface area contributed by atoms with E-state index < -0.39 is 0 Å². The number of aliphatic hydroxyl groups excluding tert-OH is 1. The fraction of sp³-hybridized carbons (Fsp3) is 0.650. The molecule has 1 atom stereocenters. The monoisotopic (exact) mass is 363 g/mol. The van der Waals surface area contributed by atoms with Crippen molar-refractivity contribution >= 4 is 5.96 Å². The van der Waals surface area contributed by atoms with Crippen LogP contribution in [-0.2, 0) is 0 Å². The summed E-state index contributed by atoms with van der Waals surface area (Å²) in [5, 5.41) is 16.0. The second-order valence-corrected chi connectivity index (χ2v) is 7.66. The maximum Gasteiger partial charge on any atom is 0.191 e. The summed E-state index contributed by atoms with van der Waals surface area (Å²) in [6.45, 7) is 6.12. The van der Waals surface area contributed by atoms with E-state index in [1.54, 1.807) is 6.07 Å². The summed E-state index contributed by atoms with van der Waals surface area (Å²) in [7, 11) is 0. The van der Waals surface area contributed by atoms with E-state index in [1.165, 1.54) is 18.9 Å². The largest absolute Gasteiger partial charge is 0.490 e. The summed E-state index contributed by atoms with van der Waals surface area (Å²) < 4.78 is 19.9. The molecule has 3 N–H and O–H groups in total. The van der Waals surface area contributed by atoms with Crippen LogP contribution in [0.15, 0.2) is 23.2 Å². The number of guanidine groups is 1. The normalized spacial score (nSPS) is 19.8. The van der Waals surface area contributed by atoms with Crippen LogP contribution in [0.25, 0.3) is 0 Å². The minimum absolute atomic E-state index is 0.0295. The first-order chi connectivity index (χ1) is 12.5. The van der Waals surface area contributed by atoms with E-state index in [0.717, 1.165) is 24.9 Å². The Morgan fingerprint density at radius 1 is 1.42 bits per heavy atom. The van der Waals surface area contributed by atoms with Crippen molar-refractivity contribution in [2.45, 2.75) is 45.6 Å². The van der Waals surface area contributed by atoms with Gasteiger partial charge in [-0.05, 0) is 63.1 Å². The molecule has 0 aliphatic heterocycles. The zero-order chi connectivity index (χ0) is 18.6. The van der Waals surface area contributed by atoms with Crippen molar-refractivity contribution < 1.29 is 14.2 Å². The highest BCUT2D eigenvalue weighted by atomic mass is 19.1. The van der Waals surface area contributed by atoms with Crippen LogP contribution in [0.5, 0.6) is 5.75 Å². The first-order valence-corrected chi connectivity index (χ1v) is 9.63. The van der Waals surface area contributed by atoms with E-state index in [-0.39, 0.29) is 23.9 Å². The average Bonchev–Trinajstić information content (AvgIpc) is 3.54. The number of rotatable bonds is 9. The molecular weight excluding hydrogens is 333 g/mol. The van der Waals surface area contributed by atoms with E-state index >= 15 is 0 Å². The molecular formula is C20H30FN3O2. The zero-order valence-electron chi connectivity index (χ0n) is 15.7. The molecule has 0 heterocycles. The molecule has 2 aliphatic carbocycles. The topological polar surface area (TPSA) is 65.9 Å². The maximum atomic E-state index is 14.3. The highest BCUT2D eigenvalue weighted by molar-refractivity contribution is 5.80. The summed E-state index contributed by atoms with van der Waals surface area (Å²) in [5.74, 6) is 1.29. The van der Waals surface area contributed by atoms with Crippen LogP contribution in [0.4, 0.5) is 4.39 Å². The number of nitrogens with zero attached hydrogens (tertiary/aromatic N) is 1. The molecule has 0 bridgehead atoms. The number of benzene rings is 1. The fourth-order valence-corrected chi connectivity index (χ4v) is 2.79. The third-order valence-electron chi connectivity index (χ3n) is 5.19. The number of halogens is 1. The van der Waals surface area contributed by atoms with Gasteiger partial charge in [0.1, 0.15) is 0 Å². The van der Waals surface area contributed by atoms with Crippen molar-refractivity contribution in [3.05, 3.63) is 29.6 Å². The molecule has 144 valence electrons. The van der Waals surface area contributed by atoms with Gasteiger partial charge in [0, 0.05) is 12.0 Å².